The van der Waals surface area contributed by atoms with Crippen LogP contribution in [0.5, 0.6) is 0 Å². The Morgan fingerprint density at radius 2 is 1.88 bits per heavy atom. The van der Waals surface area contributed by atoms with Crippen molar-refractivity contribution in [3.63, 3.8) is 0 Å². The van der Waals surface area contributed by atoms with Crippen LogP contribution in [0.25, 0.3) is 11.2 Å². The molecule has 0 bridgehead atoms. The molecule has 24 heavy (non-hydrogen) atoms. The number of ether oxygens (including phenoxy) is 1. The van der Waals surface area contributed by atoms with Crippen LogP contribution >= 0.6 is 0 Å². The molecule has 0 atom stereocenters. The Labute approximate surface area is 140 Å². The van der Waals surface area contributed by atoms with Gasteiger partial charge in [0.15, 0.2) is 5.65 Å². The van der Waals surface area contributed by atoms with E-state index in [0.717, 1.165) is 16.9 Å². The van der Waals surface area contributed by atoms with Crippen molar-refractivity contribution in [1.82, 2.24) is 15.0 Å². The number of nitriles is 1. The van der Waals surface area contributed by atoms with E-state index in [4.69, 9.17) is 10.00 Å². The Hall–Kier alpha value is -3.04. The van der Waals surface area contributed by atoms with Gasteiger partial charge in [-0.2, -0.15) is 5.26 Å². The van der Waals surface area contributed by atoms with Gasteiger partial charge in [-0.1, -0.05) is 12.1 Å². The second-order valence-electron chi connectivity index (χ2n) is 5.29. The molecule has 0 radical (unpaired) electrons. The van der Waals surface area contributed by atoms with Gasteiger partial charge in [-0.15, -0.1) is 0 Å². The molecule has 0 aliphatic rings. The van der Waals surface area contributed by atoms with Crippen molar-refractivity contribution in [3.05, 3.63) is 59.9 Å². The fourth-order valence-corrected chi connectivity index (χ4v) is 2.40. The molecule has 0 amide bonds. The second-order valence-corrected chi connectivity index (χ2v) is 5.29. The van der Waals surface area contributed by atoms with Crippen molar-refractivity contribution in [2.24, 2.45) is 0 Å². The molecule has 0 aliphatic heterocycles. The number of pyridine rings is 1. The van der Waals surface area contributed by atoms with E-state index in [9.17, 15) is 0 Å². The summed E-state index contributed by atoms with van der Waals surface area (Å²) < 4.78 is 5.22. The maximum Gasteiger partial charge on any atom is 0.180 e. The zero-order chi connectivity index (χ0) is 16.8. The molecule has 0 unspecified atom stereocenters. The molecule has 1 aromatic carbocycles. The first-order valence-electron chi connectivity index (χ1n) is 7.61. The first-order chi connectivity index (χ1) is 11.8. The summed E-state index contributed by atoms with van der Waals surface area (Å²) >= 11 is 0. The van der Waals surface area contributed by atoms with E-state index >= 15 is 0 Å². The lowest BCUT2D eigenvalue weighted by molar-refractivity contribution is 0.205. The number of benzene rings is 1. The molecule has 0 fully saturated rings. The summed E-state index contributed by atoms with van der Waals surface area (Å²) in [5.41, 5.74) is 3.15. The van der Waals surface area contributed by atoms with Crippen LogP contribution in [0.4, 0.5) is 5.82 Å². The van der Waals surface area contributed by atoms with Crippen LogP contribution in [0.1, 0.15) is 11.1 Å². The Morgan fingerprint density at radius 1 is 1.08 bits per heavy atom. The van der Waals surface area contributed by atoms with Gasteiger partial charge >= 0.3 is 0 Å². The van der Waals surface area contributed by atoms with Gasteiger partial charge in [0.1, 0.15) is 11.3 Å². The van der Waals surface area contributed by atoms with Crippen LogP contribution in [0.2, 0.25) is 0 Å². The minimum Gasteiger partial charge on any atom is -0.383 e. The van der Waals surface area contributed by atoms with Gasteiger partial charge in [0.25, 0.3) is 0 Å². The summed E-state index contributed by atoms with van der Waals surface area (Å²) in [4.78, 5) is 15.2. The number of hydrogen-bond donors (Lipinski definition) is 0. The standard InChI is InChI=1S/C18H17N5O/c1-24-11-10-23(13-15-4-2-14(12-19)3-5-15)17-7-6-16-18(22-17)21-9-8-20-16/h2-9H,10-11,13H2,1H3. The Bertz CT molecular complexity index is 857. The molecule has 0 spiro atoms. The zero-order valence-corrected chi connectivity index (χ0v) is 13.4. The normalized spacial score (nSPS) is 10.5. The second kappa shape index (κ2) is 7.49. The first-order valence-corrected chi connectivity index (χ1v) is 7.61. The Morgan fingerprint density at radius 3 is 2.62 bits per heavy atom. The molecule has 3 aromatic rings. The number of anilines is 1. The van der Waals surface area contributed by atoms with Crippen molar-refractivity contribution in [3.8, 4) is 6.07 Å². The summed E-state index contributed by atoms with van der Waals surface area (Å²) in [7, 11) is 1.68. The van der Waals surface area contributed by atoms with Gasteiger partial charge in [-0.05, 0) is 29.8 Å². The van der Waals surface area contributed by atoms with Gasteiger partial charge in [0, 0.05) is 32.6 Å². The van der Waals surface area contributed by atoms with Crippen molar-refractivity contribution < 1.29 is 4.74 Å². The highest BCUT2D eigenvalue weighted by Crippen LogP contribution is 2.18. The molecule has 2 heterocycles. The SMILES string of the molecule is COCCN(Cc1ccc(C#N)cc1)c1ccc2nccnc2n1. The van der Waals surface area contributed by atoms with Crippen LogP contribution < -0.4 is 4.90 Å². The van der Waals surface area contributed by atoms with Crippen LogP contribution in [-0.4, -0.2) is 35.2 Å². The predicted molar refractivity (Wildman–Crippen MR) is 91.4 cm³/mol. The van der Waals surface area contributed by atoms with E-state index in [-0.39, 0.29) is 0 Å². The summed E-state index contributed by atoms with van der Waals surface area (Å²) in [5.74, 6) is 0.824. The maximum atomic E-state index is 8.91. The highest BCUT2D eigenvalue weighted by molar-refractivity contribution is 5.71. The molecule has 0 N–H and O–H groups in total. The number of aromatic nitrogens is 3. The Kier molecular flexibility index (Phi) is 4.94. The van der Waals surface area contributed by atoms with E-state index in [2.05, 4.69) is 25.9 Å². The van der Waals surface area contributed by atoms with Gasteiger partial charge < -0.3 is 9.64 Å². The molecule has 0 saturated heterocycles. The van der Waals surface area contributed by atoms with Crippen LogP contribution in [-0.2, 0) is 11.3 Å². The topological polar surface area (TPSA) is 74.9 Å². The third kappa shape index (κ3) is 3.65. The molecular weight excluding hydrogens is 302 g/mol. The third-order valence-electron chi connectivity index (χ3n) is 3.66. The van der Waals surface area contributed by atoms with Crippen molar-refractivity contribution >= 4 is 17.0 Å². The molecule has 0 aliphatic carbocycles. The molecule has 2 aromatic heterocycles. The van der Waals surface area contributed by atoms with Gasteiger partial charge in [0.05, 0.1) is 18.2 Å². The minimum atomic E-state index is 0.594. The highest BCUT2D eigenvalue weighted by Gasteiger charge is 2.10. The monoisotopic (exact) mass is 319 g/mol. The Balaban J connectivity index is 1.87. The van der Waals surface area contributed by atoms with Gasteiger partial charge in [-0.3, -0.25) is 4.98 Å². The summed E-state index contributed by atoms with van der Waals surface area (Å²) in [6, 6.07) is 13.6. The van der Waals surface area contributed by atoms with E-state index in [0.29, 0.717) is 30.9 Å². The molecule has 3 rings (SSSR count). The predicted octanol–water partition coefficient (Wildman–Crippen LogP) is 2.55. The molecular formula is C18H17N5O. The van der Waals surface area contributed by atoms with Crippen molar-refractivity contribution in [1.29, 1.82) is 5.26 Å². The third-order valence-corrected chi connectivity index (χ3v) is 3.66. The average Bonchev–Trinajstić information content (AvgIpc) is 2.65. The molecule has 0 saturated carbocycles. The molecule has 6 heteroatoms. The van der Waals surface area contributed by atoms with E-state index < -0.39 is 0 Å². The van der Waals surface area contributed by atoms with E-state index in [1.807, 2.05) is 36.4 Å². The van der Waals surface area contributed by atoms with Gasteiger partial charge in [-0.25, -0.2) is 9.97 Å². The highest BCUT2D eigenvalue weighted by atomic mass is 16.5. The fourth-order valence-electron chi connectivity index (χ4n) is 2.40. The fraction of sp³-hybridized carbons (Fsp3) is 0.222. The number of hydrogen-bond acceptors (Lipinski definition) is 6. The minimum absolute atomic E-state index is 0.594. The lowest BCUT2D eigenvalue weighted by Crippen LogP contribution is -2.27. The lowest BCUT2D eigenvalue weighted by atomic mass is 10.1. The summed E-state index contributed by atoms with van der Waals surface area (Å²) in [5, 5.41) is 8.91. The first kappa shape index (κ1) is 15.8. The van der Waals surface area contributed by atoms with Crippen LogP contribution in [0.15, 0.2) is 48.8 Å². The largest absolute Gasteiger partial charge is 0.383 e. The number of fused-ring (bicyclic) bond motifs is 1. The van der Waals surface area contributed by atoms with Crippen LogP contribution in [0.3, 0.4) is 0 Å². The quantitative estimate of drug-likeness (QED) is 0.695. The number of methoxy groups -OCH3 is 1. The van der Waals surface area contributed by atoms with E-state index in [1.165, 1.54) is 0 Å². The zero-order valence-electron chi connectivity index (χ0n) is 13.4. The number of nitrogens with zero attached hydrogens (tertiary/aromatic N) is 5. The van der Waals surface area contributed by atoms with Crippen molar-refractivity contribution in [2.75, 3.05) is 25.2 Å². The molecule has 120 valence electrons. The van der Waals surface area contributed by atoms with Crippen LogP contribution in [0, 0.1) is 11.3 Å². The van der Waals surface area contributed by atoms with Gasteiger partial charge in [0.2, 0.25) is 0 Å². The maximum absolute atomic E-state index is 8.91. The van der Waals surface area contributed by atoms with E-state index in [1.54, 1.807) is 19.5 Å². The lowest BCUT2D eigenvalue weighted by Gasteiger charge is -2.23. The number of rotatable bonds is 6. The average molecular weight is 319 g/mol. The molecule has 6 nitrogen and oxygen atoms in total. The summed E-state index contributed by atoms with van der Waals surface area (Å²) in [6.07, 6.45) is 3.29. The summed E-state index contributed by atoms with van der Waals surface area (Å²) in [6.45, 7) is 1.97. The van der Waals surface area contributed by atoms with Crippen molar-refractivity contribution in [2.45, 2.75) is 6.54 Å². The smallest absolute Gasteiger partial charge is 0.180 e.